The second kappa shape index (κ2) is 5.74. The fraction of sp³-hybridized carbons (Fsp3) is 0.875. The van der Waals surface area contributed by atoms with Crippen LogP contribution in [0.25, 0.3) is 0 Å². The van der Waals surface area contributed by atoms with Crippen LogP contribution < -0.4 is 5.73 Å². The summed E-state index contributed by atoms with van der Waals surface area (Å²) in [6.45, 7) is 9.58. The summed E-state index contributed by atoms with van der Waals surface area (Å²) in [7, 11) is 0. The van der Waals surface area contributed by atoms with E-state index in [0.29, 0.717) is 23.6 Å². The molecule has 0 bridgehead atoms. The highest BCUT2D eigenvalue weighted by atomic mass is 16.2. The number of carbonyl (C=O) groups is 1. The summed E-state index contributed by atoms with van der Waals surface area (Å²) in [6.07, 6.45) is 5.61. The average molecular weight is 279 g/mol. The molecule has 114 valence electrons. The quantitative estimate of drug-likeness (QED) is 0.857. The molecular formula is C16H29N3O. The molecule has 4 nitrogen and oxygen atoms in total. The van der Waals surface area contributed by atoms with Gasteiger partial charge in [-0.25, -0.2) is 4.79 Å². The van der Waals surface area contributed by atoms with Gasteiger partial charge in [-0.2, -0.15) is 4.99 Å². The first kappa shape index (κ1) is 15.3. The molecule has 0 aromatic carbocycles. The van der Waals surface area contributed by atoms with Crippen molar-refractivity contribution in [2.24, 2.45) is 28.5 Å². The number of nitrogens with zero attached hydrogens (tertiary/aromatic N) is 2. The van der Waals surface area contributed by atoms with Crippen LogP contribution in [0.15, 0.2) is 4.99 Å². The van der Waals surface area contributed by atoms with Gasteiger partial charge in [-0.05, 0) is 37.0 Å². The Kier molecular flexibility index (Phi) is 4.40. The second-order valence-corrected chi connectivity index (χ2v) is 7.41. The van der Waals surface area contributed by atoms with Crippen LogP contribution in [0.1, 0.15) is 59.8 Å². The maximum Gasteiger partial charge on any atom is 0.346 e. The highest BCUT2D eigenvalue weighted by Gasteiger charge is 2.50. The lowest BCUT2D eigenvalue weighted by atomic mass is 9.72. The molecular weight excluding hydrogens is 250 g/mol. The molecule has 2 N–H and O–H groups in total. The molecule has 0 radical (unpaired) electrons. The molecule has 2 unspecified atom stereocenters. The molecule has 1 heterocycles. The topological polar surface area (TPSA) is 58.7 Å². The van der Waals surface area contributed by atoms with Crippen LogP contribution in [0.3, 0.4) is 0 Å². The standard InChI is InChI=1S/C16H29N3O/c1-11(2)8-13-6-5-7-16(9-13)14(17)18-15(20)19(16)10-12(3)4/h11-13H,5-10H2,1-4H3,(H2,17,18,20). The zero-order chi connectivity index (χ0) is 14.9. The van der Waals surface area contributed by atoms with Crippen molar-refractivity contribution < 1.29 is 4.79 Å². The van der Waals surface area contributed by atoms with Crippen LogP contribution in [-0.4, -0.2) is 28.9 Å². The minimum Gasteiger partial charge on any atom is -0.385 e. The number of nitrogens with two attached hydrogens (primary N) is 1. The molecule has 4 heteroatoms. The van der Waals surface area contributed by atoms with E-state index >= 15 is 0 Å². The number of hydrogen-bond donors (Lipinski definition) is 1. The van der Waals surface area contributed by atoms with E-state index in [1.165, 1.54) is 12.8 Å². The smallest absolute Gasteiger partial charge is 0.346 e. The third kappa shape index (κ3) is 2.84. The summed E-state index contributed by atoms with van der Waals surface area (Å²) in [5.41, 5.74) is 5.90. The Balaban J connectivity index is 2.20. The molecule has 1 fully saturated rings. The van der Waals surface area contributed by atoms with Gasteiger partial charge in [-0.15, -0.1) is 0 Å². The molecule has 2 atom stereocenters. The first-order valence-electron chi connectivity index (χ1n) is 8.01. The SMILES string of the molecule is CC(C)CC1CCCC2(C1)C(N)=NC(=O)N2CC(C)C. The fourth-order valence-electron chi connectivity index (χ4n) is 3.92. The van der Waals surface area contributed by atoms with Crippen LogP contribution >= 0.6 is 0 Å². The molecule has 0 aromatic rings. The number of hydrogen-bond acceptors (Lipinski definition) is 2. The van der Waals surface area contributed by atoms with Gasteiger partial charge in [0.25, 0.3) is 0 Å². The van der Waals surface area contributed by atoms with Gasteiger partial charge in [0, 0.05) is 6.54 Å². The van der Waals surface area contributed by atoms with Gasteiger partial charge in [0.15, 0.2) is 0 Å². The summed E-state index contributed by atoms with van der Waals surface area (Å²) in [6, 6.07) is -0.124. The van der Waals surface area contributed by atoms with Crippen molar-refractivity contribution >= 4 is 11.9 Å². The molecule has 0 saturated heterocycles. The number of amides is 2. The van der Waals surface area contributed by atoms with Crippen molar-refractivity contribution in [3.05, 3.63) is 0 Å². The number of carbonyl (C=O) groups excluding carboxylic acids is 1. The van der Waals surface area contributed by atoms with E-state index in [1.54, 1.807) is 0 Å². The highest BCUT2D eigenvalue weighted by molar-refractivity contribution is 6.05. The summed E-state index contributed by atoms with van der Waals surface area (Å²) in [5, 5.41) is 0. The van der Waals surface area contributed by atoms with Crippen molar-refractivity contribution in [1.82, 2.24) is 4.90 Å². The number of aliphatic imine (C=N–C) groups is 1. The Morgan fingerprint density at radius 1 is 1.35 bits per heavy atom. The van der Waals surface area contributed by atoms with Crippen LogP contribution in [0.5, 0.6) is 0 Å². The number of urea groups is 1. The van der Waals surface area contributed by atoms with Crippen LogP contribution in [0.2, 0.25) is 0 Å². The van der Waals surface area contributed by atoms with Gasteiger partial charge in [-0.3, -0.25) is 0 Å². The summed E-state index contributed by atoms with van der Waals surface area (Å²) in [4.78, 5) is 18.2. The largest absolute Gasteiger partial charge is 0.385 e. The molecule has 0 aromatic heterocycles. The predicted molar refractivity (Wildman–Crippen MR) is 82.7 cm³/mol. The van der Waals surface area contributed by atoms with Crippen molar-refractivity contribution in [2.75, 3.05) is 6.54 Å². The Hall–Kier alpha value is -1.06. The zero-order valence-corrected chi connectivity index (χ0v) is 13.4. The van der Waals surface area contributed by atoms with Gasteiger partial charge in [0.1, 0.15) is 11.4 Å². The van der Waals surface area contributed by atoms with E-state index in [9.17, 15) is 4.79 Å². The normalized spacial score (nSPS) is 30.7. The van der Waals surface area contributed by atoms with E-state index in [2.05, 4.69) is 32.7 Å². The fourth-order valence-corrected chi connectivity index (χ4v) is 3.92. The monoisotopic (exact) mass is 279 g/mol. The second-order valence-electron chi connectivity index (χ2n) is 7.41. The van der Waals surface area contributed by atoms with E-state index in [1.807, 2.05) is 4.90 Å². The highest BCUT2D eigenvalue weighted by Crippen LogP contribution is 2.42. The number of amidine groups is 1. The Morgan fingerprint density at radius 2 is 2.05 bits per heavy atom. The molecule has 1 saturated carbocycles. The summed E-state index contributed by atoms with van der Waals surface area (Å²) in [5.74, 6) is 2.38. The lowest BCUT2D eigenvalue weighted by molar-refractivity contribution is 0.105. The van der Waals surface area contributed by atoms with Crippen molar-refractivity contribution in [2.45, 2.75) is 65.3 Å². The third-order valence-corrected chi connectivity index (χ3v) is 4.62. The van der Waals surface area contributed by atoms with E-state index < -0.39 is 0 Å². The van der Waals surface area contributed by atoms with Gasteiger partial charge in [0.2, 0.25) is 0 Å². The lowest BCUT2D eigenvalue weighted by Crippen LogP contribution is -2.57. The van der Waals surface area contributed by atoms with E-state index in [4.69, 9.17) is 5.73 Å². The zero-order valence-electron chi connectivity index (χ0n) is 13.4. The van der Waals surface area contributed by atoms with Crippen molar-refractivity contribution in [3.8, 4) is 0 Å². The van der Waals surface area contributed by atoms with Crippen molar-refractivity contribution in [3.63, 3.8) is 0 Å². The lowest BCUT2D eigenvalue weighted by Gasteiger charge is -2.44. The molecule has 1 spiro atoms. The van der Waals surface area contributed by atoms with Gasteiger partial charge in [-0.1, -0.05) is 40.5 Å². The van der Waals surface area contributed by atoms with Gasteiger partial charge < -0.3 is 10.6 Å². The number of rotatable bonds is 4. The van der Waals surface area contributed by atoms with Gasteiger partial charge in [0.05, 0.1) is 0 Å². The Labute approximate surface area is 122 Å². The molecule has 2 rings (SSSR count). The maximum absolute atomic E-state index is 12.2. The molecule has 2 aliphatic rings. The minimum absolute atomic E-state index is 0.124. The summed E-state index contributed by atoms with van der Waals surface area (Å²) < 4.78 is 0. The third-order valence-electron chi connectivity index (χ3n) is 4.62. The van der Waals surface area contributed by atoms with Crippen LogP contribution in [0, 0.1) is 17.8 Å². The first-order valence-corrected chi connectivity index (χ1v) is 8.01. The molecule has 1 aliphatic carbocycles. The van der Waals surface area contributed by atoms with Crippen LogP contribution in [0.4, 0.5) is 4.79 Å². The summed E-state index contributed by atoms with van der Waals surface area (Å²) >= 11 is 0. The molecule has 2 amide bonds. The van der Waals surface area contributed by atoms with E-state index in [-0.39, 0.29) is 11.6 Å². The minimum atomic E-state index is -0.279. The predicted octanol–water partition coefficient (Wildman–Crippen LogP) is 3.41. The maximum atomic E-state index is 12.2. The Bertz CT molecular complexity index is 403. The van der Waals surface area contributed by atoms with E-state index in [0.717, 1.165) is 25.8 Å². The molecule has 1 aliphatic heterocycles. The molecule has 20 heavy (non-hydrogen) atoms. The van der Waals surface area contributed by atoms with Crippen molar-refractivity contribution in [1.29, 1.82) is 0 Å². The average Bonchev–Trinajstić information content (AvgIpc) is 2.53. The van der Waals surface area contributed by atoms with Gasteiger partial charge >= 0.3 is 6.03 Å². The first-order chi connectivity index (χ1) is 9.35. The Morgan fingerprint density at radius 3 is 2.65 bits per heavy atom. The van der Waals surface area contributed by atoms with Crippen LogP contribution in [-0.2, 0) is 0 Å².